The van der Waals surface area contributed by atoms with E-state index in [1.807, 2.05) is 4.68 Å². The predicted octanol–water partition coefficient (Wildman–Crippen LogP) is 4.68. The van der Waals surface area contributed by atoms with Gasteiger partial charge in [0.2, 0.25) is 0 Å². The summed E-state index contributed by atoms with van der Waals surface area (Å²) >= 11 is 6.42. The Bertz CT molecular complexity index is 572. The minimum absolute atomic E-state index is 0.701. The summed E-state index contributed by atoms with van der Waals surface area (Å²) in [6, 6.07) is 8.63. The maximum atomic E-state index is 6.42. The summed E-state index contributed by atoms with van der Waals surface area (Å²) in [5.74, 6) is 0. The van der Waals surface area contributed by atoms with Crippen LogP contribution in [-0.2, 0) is 25.9 Å². The molecule has 0 fully saturated rings. The van der Waals surface area contributed by atoms with Gasteiger partial charge in [-0.25, -0.2) is 0 Å². The summed E-state index contributed by atoms with van der Waals surface area (Å²) in [6.45, 7) is 7.91. The highest BCUT2D eigenvalue weighted by molar-refractivity contribution is 6.31. The number of nitrogens with one attached hydrogen (secondary N) is 1. The molecule has 1 aromatic carbocycles. The van der Waals surface area contributed by atoms with Crippen molar-refractivity contribution in [3.05, 3.63) is 46.2 Å². The Balaban J connectivity index is 2.07. The van der Waals surface area contributed by atoms with E-state index in [0.717, 1.165) is 41.5 Å². The second-order valence-electron chi connectivity index (χ2n) is 5.18. The number of hydrogen-bond acceptors (Lipinski definition) is 2. The van der Waals surface area contributed by atoms with Crippen LogP contribution in [0.4, 0.5) is 5.69 Å². The molecular formula is C17H24ClN3. The van der Waals surface area contributed by atoms with E-state index in [4.69, 9.17) is 11.6 Å². The first-order valence-corrected chi connectivity index (χ1v) is 8.14. The van der Waals surface area contributed by atoms with Gasteiger partial charge < -0.3 is 5.32 Å². The third-order valence-electron chi connectivity index (χ3n) is 3.65. The molecule has 0 amide bonds. The Morgan fingerprint density at radius 3 is 2.43 bits per heavy atom. The van der Waals surface area contributed by atoms with Gasteiger partial charge in [-0.05, 0) is 37.5 Å². The van der Waals surface area contributed by atoms with E-state index < -0.39 is 0 Å². The molecule has 0 unspecified atom stereocenters. The molecule has 2 aromatic rings. The van der Waals surface area contributed by atoms with Crippen molar-refractivity contribution >= 4 is 17.3 Å². The molecule has 0 aliphatic heterocycles. The average molecular weight is 306 g/mol. The zero-order chi connectivity index (χ0) is 15.2. The van der Waals surface area contributed by atoms with E-state index in [0.29, 0.717) is 6.54 Å². The molecule has 4 heteroatoms. The molecular weight excluding hydrogens is 282 g/mol. The lowest BCUT2D eigenvalue weighted by Crippen LogP contribution is -2.08. The number of nitrogens with zero attached hydrogens (tertiary/aromatic N) is 2. The first-order valence-electron chi connectivity index (χ1n) is 7.76. The normalized spacial score (nSPS) is 10.9. The molecule has 1 heterocycles. The van der Waals surface area contributed by atoms with Gasteiger partial charge in [-0.1, -0.05) is 44.0 Å². The topological polar surface area (TPSA) is 29.9 Å². The Hall–Kier alpha value is -1.48. The van der Waals surface area contributed by atoms with Crippen molar-refractivity contribution in [2.75, 3.05) is 5.32 Å². The lowest BCUT2D eigenvalue weighted by molar-refractivity contribution is 0.619. The molecule has 0 bridgehead atoms. The maximum absolute atomic E-state index is 6.42. The summed E-state index contributed by atoms with van der Waals surface area (Å²) in [5.41, 5.74) is 4.54. The van der Waals surface area contributed by atoms with Crippen LogP contribution in [-0.4, -0.2) is 9.78 Å². The summed E-state index contributed by atoms with van der Waals surface area (Å²) in [5, 5.41) is 8.78. The molecule has 0 spiro atoms. The van der Waals surface area contributed by atoms with E-state index in [1.54, 1.807) is 0 Å². The van der Waals surface area contributed by atoms with E-state index in [1.165, 1.54) is 12.0 Å². The number of aromatic nitrogens is 2. The molecule has 0 radical (unpaired) electrons. The van der Waals surface area contributed by atoms with Crippen molar-refractivity contribution in [1.82, 2.24) is 9.78 Å². The van der Waals surface area contributed by atoms with Gasteiger partial charge in [0.15, 0.2) is 0 Å². The first-order chi connectivity index (χ1) is 10.2. The van der Waals surface area contributed by atoms with Crippen LogP contribution < -0.4 is 5.32 Å². The summed E-state index contributed by atoms with van der Waals surface area (Å²) in [7, 11) is 0. The van der Waals surface area contributed by atoms with Gasteiger partial charge in [0.05, 0.1) is 23.0 Å². The zero-order valence-corrected chi connectivity index (χ0v) is 13.9. The van der Waals surface area contributed by atoms with Crippen LogP contribution >= 0.6 is 11.6 Å². The van der Waals surface area contributed by atoms with Gasteiger partial charge in [-0.3, -0.25) is 4.68 Å². The molecule has 0 aliphatic rings. The largest absolute Gasteiger partial charge is 0.379 e. The molecule has 3 nitrogen and oxygen atoms in total. The van der Waals surface area contributed by atoms with Crippen LogP contribution in [0.1, 0.15) is 44.1 Å². The van der Waals surface area contributed by atoms with Crippen LogP contribution in [0, 0.1) is 0 Å². The fourth-order valence-corrected chi connectivity index (χ4v) is 2.79. The maximum Gasteiger partial charge on any atom is 0.0868 e. The Morgan fingerprint density at radius 2 is 1.86 bits per heavy atom. The Kier molecular flexibility index (Phi) is 5.68. The standard InChI is InChI=1S/C17H24ClN3/c1-4-7-13-8-10-14(11-9-13)19-12-16-17(18)15(5-2)20-21(16)6-3/h8-11,19H,4-7,12H2,1-3H3. The minimum atomic E-state index is 0.701. The highest BCUT2D eigenvalue weighted by Crippen LogP contribution is 2.23. The average Bonchev–Trinajstić information content (AvgIpc) is 2.82. The predicted molar refractivity (Wildman–Crippen MR) is 90.1 cm³/mol. The van der Waals surface area contributed by atoms with Crippen molar-refractivity contribution in [1.29, 1.82) is 0 Å². The molecule has 1 aromatic heterocycles. The number of anilines is 1. The first kappa shape index (κ1) is 15.9. The van der Waals surface area contributed by atoms with Crippen LogP contribution in [0.2, 0.25) is 5.02 Å². The third-order valence-corrected chi connectivity index (χ3v) is 4.08. The van der Waals surface area contributed by atoms with Crippen molar-refractivity contribution in [2.24, 2.45) is 0 Å². The quantitative estimate of drug-likeness (QED) is 0.804. The highest BCUT2D eigenvalue weighted by atomic mass is 35.5. The van der Waals surface area contributed by atoms with E-state index in [2.05, 4.69) is 55.5 Å². The van der Waals surface area contributed by atoms with E-state index >= 15 is 0 Å². The Labute approximate surface area is 132 Å². The zero-order valence-electron chi connectivity index (χ0n) is 13.1. The van der Waals surface area contributed by atoms with E-state index in [9.17, 15) is 0 Å². The van der Waals surface area contributed by atoms with Gasteiger partial charge in [0.25, 0.3) is 0 Å². The number of halogens is 1. The lowest BCUT2D eigenvalue weighted by Gasteiger charge is -2.09. The fourth-order valence-electron chi connectivity index (χ4n) is 2.45. The fraction of sp³-hybridized carbons (Fsp3) is 0.471. The summed E-state index contributed by atoms with van der Waals surface area (Å²) in [6.07, 6.45) is 3.18. The SMILES string of the molecule is CCCc1ccc(NCc2c(Cl)c(CC)nn2CC)cc1. The van der Waals surface area contributed by atoms with Crippen molar-refractivity contribution in [3.8, 4) is 0 Å². The molecule has 2 rings (SSSR count). The van der Waals surface area contributed by atoms with Crippen molar-refractivity contribution in [3.63, 3.8) is 0 Å². The molecule has 1 N–H and O–H groups in total. The van der Waals surface area contributed by atoms with Crippen LogP contribution in [0.5, 0.6) is 0 Å². The third kappa shape index (κ3) is 3.79. The number of aryl methyl sites for hydroxylation is 3. The molecule has 0 saturated carbocycles. The summed E-state index contributed by atoms with van der Waals surface area (Å²) in [4.78, 5) is 0. The number of benzene rings is 1. The van der Waals surface area contributed by atoms with Crippen molar-refractivity contribution < 1.29 is 0 Å². The van der Waals surface area contributed by atoms with Gasteiger partial charge in [-0.15, -0.1) is 0 Å². The van der Waals surface area contributed by atoms with Gasteiger partial charge in [0, 0.05) is 12.2 Å². The Morgan fingerprint density at radius 1 is 1.14 bits per heavy atom. The minimum Gasteiger partial charge on any atom is -0.379 e. The van der Waals surface area contributed by atoms with Crippen molar-refractivity contribution in [2.45, 2.75) is 53.1 Å². The molecule has 0 aliphatic carbocycles. The molecule has 114 valence electrons. The number of hydrogen-bond donors (Lipinski definition) is 1. The second-order valence-corrected chi connectivity index (χ2v) is 5.56. The monoisotopic (exact) mass is 305 g/mol. The van der Waals surface area contributed by atoms with Gasteiger partial charge >= 0.3 is 0 Å². The van der Waals surface area contributed by atoms with E-state index in [-0.39, 0.29) is 0 Å². The smallest absolute Gasteiger partial charge is 0.0868 e. The van der Waals surface area contributed by atoms with Gasteiger partial charge in [0.1, 0.15) is 0 Å². The summed E-state index contributed by atoms with van der Waals surface area (Å²) < 4.78 is 1.99. The van der Waals surface area contributed by atoms with Crippen LogP contribution in [0.25, 0.3) is 0 Å². The van der Waals surface area contributed by atoms with Crippen LogP contribution in [0.15, 0.2) is 24.3 Å². The van der Waals surface area contributed by atoms with Gasteiger partial charge in [-0.2, -0.15) is 5.10 Å². The van der Waals surface area contributed by atoms with Crippen LogP contribution in [0.3, 0.4) is 0 Å². The second kappa shape index (κ2) is 7.51. The lowest BCUT2D eigenvalue weighted by atomic mass is 10.1. The molecule has 0 atom stereocenters. The molecule has 21 heavy (non-hydrogen) atoms. The highest BCUT2D eigenvalue weighted by Gasteiger charge is 2.13. The number of rotatable bonds is 7. The molecule has 0 saturated heterocycles.